The molecule has 3 aliphatic rings. The Hall–Kier alpha value is -4.98. The van der Waals surface area contributed by atoms with Crippen LogP contribution in [0.25, 0.3) is 22.3 Å². The third-order valence-corrected chi connectivity index (χ3v) is 15.5. The van der Waals surface area contributed by atoms with E-state index >= 15 is 0 Å². The van der Waals surface area contributed by atoms with Gasteiger partial charge in [-0.3, -0.25) is 33.8 Å². The highest BCUT2D eigenvalue weighted by Gasteiger charge is 2.46. The first-order chi connectivity index (χ1) is 30.9. The molecule has 5 N–H and O–H groups in total. The second kappa shape index (κ2) is 19.6. The minimum Gasteiger partial charge on any atom is -0.351 e. The van der Waals surface area contributed by atoms with Crippen LogP contribution in [0.4, 0.5) is 11.8 Å². The summed E-state index contributed by atoms with van der Waals surface area (Å²) in [6.07, 6.45) is 1.82. The van der Waals surface area contributed by atoms with Crippen molar-refractivity contribution in [3.05, 3.63) is 65.2 Å². The quantitative estimate of drug-likeness (QED) is 0.0881. The number of amides is 2. The van der Waals surface area contributed by atoms with E-state index in [2.05, 4.69) is 62.9 Å². The summed E-state index contributed by atoms with van der Waals surface area (Å²) in [7, 11) is 0. The fourth-order valence-electron chi connectivity index (χ4n) is 7.16. The van der Waals surface area contributed by atoms with Gasteiger partial charge in [-0.2, -0.15) is 15.5 Å². The maximum atomic E-state index is 13.0. The van der Waals surface area contributed by atoms with Gasteiger partial charge in [0.15, 0.2) is 28.1 Å². The molecule has 27 heteroatoms. The summed E-state index contributed by atoms with van der Waals surface area (Å²) in [5, 5.41) is 30.9. The lowest BCUT2D eigenvalue weighted by Crippen LogP contribution is -2.42. The predicted octanol–water partition coefficient (Wildman–Crippen LogP) is 3.65. The van der Waals surface area contributed by atoms with Crippen LogP contribution in [0, 0.1) is 28.6 Å². The van der Waals surface area contributed by atoms with Gasteiger partial charge >= 0.3 is 0 Å². The van der Waals surface area contributed by atoms with E-state index in [1.54, 1.807) is 47.2 Å². The van der Waals surface area contributed by atoms with Gasteiger partial charge in [-0.25, -0.2) is 30.1 Å². The van der Waals surface area contributed by atoms with Crippen LogP contribution in [0.5, 0.6) is 0 Å². The largest absolute Gasteiger partial charge is 0.351 e. The molecule has 0 bridgehead atoms. The van der Waals surface area contributed by atoms with Crippen molar-refractivity contribution in [2.24, 2.45) is 5.92 Å². The summed E-state index contributed by atoms with van der Waals surface area (Å²) in [5.74, 6) is -0.934. The number of benzene rings is 1. The summed E-state index contributed by atoms with van der Waals surface area (Å²) in [6.45, 7) is -3.79. The van der Waals surface area contributed by atoms with Crippen LogP contribution < -0.4 is 26.4 Å². The van der Waals surface area contributed by atoms with Crippen molar-refractivity contribution in [3.63, 3.8) is 0 Å². The molecular weight excluding hydrogens is 911 g/mol. The van der Waals surface area contributed by atoms with Gasteiger partial charge in [0.05, 0.1) is 76.3 Å². The Kier molecular flexibility index (Phi) is 14.0. The number of carbonyl (C=O) groups excluding carboxylic acids is 2. The van der Waals surface area contributed by atoms with E-state index in [1.165, 1.54) is 19.0 Å². The van der Waals surface area contributed by atoms with E-state index in [-0.39, 0.29) is 92.8 Å². The molecular formula is C37H42N14O9P2S2. The molecule has 0 saturated carbocycles. The Bertz CT molecular complexity index is 2780. The average Bonchev–Trinajstić information content (AvgIpc) is 4.08. The molecule has 0 radical (unpaired) electrons. The molecule has 3 aliphatic heterocycles. The number of carbonyl (C=O) groups is 2. The van der Waals surface area contributed by atoms with Crippen LogP contribution in [0.1, 0.15) is 62.3 Å². The highest BCUT2D eigenvalue weighted by atomic mass is 32.5. The second-order valence-corrected chi connectivity index (χ2v) is 21.4. The zero-order chi connectivity index (χ0) is 45.0. The van der Waals surface area contributed by atoms with Crippen LogP contribution in [-0.2, 0) is 56.0 Å². The number of fused-ring (bicyclic) bond motifs is 4. The molecule has 5 aromatic rings. The SMILES string of the molecule is CC(C)C(=O)Nc1nc2c(ncn2[C@H]2C[C@@H]3NP(=S)(OCCC#N)OC[C@H]4O[C@@H](n5cnc6c(NC(=O)c7ccccc7)ncnc65)C[C@@H]4NP(=S)(OCCC#N)OC[C@H]3O2)c(=O)[nH]1. The second-order valence-electron chi connectivity index (χ2n) is 15.0. The van der Waals surface area contributed by atoms with Crippen molar-refractivity contribution in [2.45, 2.75) is 76.3 Å². The molecule has 7 heterocycles. The third kappa shape index (κ3) is 10.1. The van der Waals surface area contributed by atoms with Crippen LogP contribution in [0.2, 0.25) is 0 Å². The summed E-state index contributed by atoms with van der Waals surface area (Å²) < 4.78 is 41.7. The molecule has 3 saturated heterocycles. The van der Waals surface area contributed by atoms with E-state index in [4.69, 9.17) is 51.2 Å². The summed E-state index contributed by atoms with van der Waals surface area (Å²) in [5.41, 5.74) is 0.774. The monoisotopic (exact) mass is 952 g/mol. The number of rotatable bonds is 12. The van der Waals surface area contributed by atoms with E-state index in [0.29, 0.717) is 16.7 Å². The number of aromatic amines is 1. The van der Waals surface area contributed by atoms with E-state index in [1.807, 2.05) is 6.07 Å². The van der Waals surface area contributed by atoms with E-state index in [0.717, 1.165) is 0 Å². The summed E-state index contributed by atoms with van der Waals surface area (Å²) in [4.78, 5) is 63.1. The molecule has 336 valence electrons. The molecule has 0 spiro atoms. The number of ether oxygens (including phenoxy) is 2. The van der Waals surface area contributed by atoms with Gasteiger partial charge in [-0.05, 0) is 35.7 Å². The highest BCUT2D eigenvalue weighted by molar-refractivity contribution is 8.09. The van der Waals surface area contributed by atoms with Crippen LogP contribution in [0.15, 0.2) is 54.1 Å². The lowest BCUT2D eigenvalue weighted by Gasteiger charge is -2.33. The van der Waals surface area contributed by atoms with E-state index < -0.39 is 55.6 Å². The number of aromatic nitrogens is 8. The summed E-state index contributed by atoms with van der Waals surface area (Å²) in [6, 6.07) is 11.6. The van der Waals surface area contributed by atoms with Gasteiger partial charge in [0.2, 0.25) is 11.9 Å². The summed E-state index contributed by atoms with van der Waals surface area (Å²) >= 11 is 12.2. The molecule has 4 aromatic heterocycles. The van der Waals surface area contributed by atoms with Crippen LogP contribution in [-0.4, -0.2) is 102 Å². The van der Waals surface area contributed by atoms with Crippen molar-refractivity contribution >= 4 is 82.8 Å². The van der Waals surface area contributed by atoms with Gasteiger partial charge in [0.1, 0.15) is 18.8 Å². The Morgan fingerprint density at radius 3 is 2.02 bits per heavy atom. The van der Waals surface area contributed by atoms with Crippen molar-refractivity contribution in [2.75, 3.05) is 37.1 Å². The molecule has 2 amide bonds. The van der Waals surface area contributed by atoms with E-state index in [9.17, 15) is 24.9 Å². The first kappa shape index (κ1) is 45.6. The Morgan fingerprint density at radius 2 is 1.44 bits per heavy atom. The zero-order valence-electron chi connectivity index (χ0n) is 34.2. The first-order valence-electron chi connectivity index (χ1n) is 20.1. The smallest absolute Gasteiger partial charge is 0.280 e. The average molecular weight is 953 g/mol. The number of nitrogens with one attached hydrogen (secondary N) is 5. The van der Waals surface area contributed by atoms with Crippen LogP contribution >= 0.6 is 13.3 Å². The predicted molar refractivity (Wildman–Crippen MR) is 235 cm³/mol. The molecule has 2 unspecified atom stereocenters. The number of nitriles is 2. The van der Waals surface area contributed by atoms with Gasteiger partial charge in [0, 0.05) is 36.4 Å². The van der Waals surface area contributed by atoms with Crippen molar-refractivity contribution < 1.29 is 37.2 Å². The molecule has 23 nitrogen and oxygen atoms in total. The Morgan fingerprint density at radius 1 is 0.859 bits per heavy atom. The van der Waals surface area contributed by atoms with Crippen molar-refractivity contribution in [1.82, 2.24) is 49.2 Å². The number of H-pyrrole nitrogens is 1. The first-order valence-corrected chi connectivity index (χ1v) is 25.3. The van der Waals surface area contributed by atoms with Crippen LogP contribution in [0.3, 0.4) is 0 Å². The fraction of sp³-hybridized carbons (Fsp3) is 0.459. The van der Waals surface area contributed by atoms with Gasteiger partial charge in [-0.1, -0.05) is 32.0 Å². The maximum Gasteiger partial charge on any atom is 0.280 e. The molecule has 1 aromatic carbocycles. The number of hydrogen-bond donors (Lipinski definition) is 5. The minimum absolute atomic E-state index is 0.0244. The van der Waals surface area contributed by atoms with Gasteiger partial charge in [-0.15, -0.1) is 0 Å². The standard InChI is InChI=1S/C37H42N14O9P2S2/c1-21(2)34(52)46-37-45-33-30(36(54)47-37)43-20-51(33)28-15-24-26(60-28)17-58-61(63,55-12-6-10-38)48-23-14-27(59-25(23)16-57-62(64,49-24)56-13-7-11-39)50-19-42-29-31(40-18-41-32(29)50)44-35(53)22-8-4-3-5-9-22/h3-5,8-9,18-21,23-28H,6-7,12-17H2,1-2H3,(H,48,63)(H,49,64)(H,40,41,44,53)(H2,45,46,47,52,54)/t23-,24-,25+,26+,27+,28+,61?,62?/m0/s1. The normalized spacial score (nSPS) is 27.2. The number of imidazole rings is 2. The lowest BCUT2D eigenvalue weighted by atomic mass is 10.1. The zero-order valence-corrected chi connectivity index (χ0v) is 37.6. The number of hydrogen-bond acceptors (Lipinski definition) is 18. The topological polar surface area (TPSA) is 292 Å². The maximum absolute atomic E-state index is 13.0. The van der Waals surface area contributed by atoms with Crippen molar-refractivity contribution in [1.29, 1.82) is 10.5 Å². The van der Waals surface area contributed by atoms with Gasteiger partial charge < -0.3 is 32.9 Å². The molecule has 8 rings (SSSR count). The lowest BCUT2D eigenvalue weighted by molar-refractivity contribution is -0.118. The molecule has 8 atom stereocenters. The number of nitrogens with zero attached hydrogens (tertiary/aromatic N) is 9. The molecule has 64 heavy (non-hydrogen) atoms. The molecule has 3 fully saturated rings. The minimum atomic E-state index is -3.44. The molecule has 0 aliphatic carbocycles. The Labute approximate surface area is 375 Å². The fourth-order valence-corrected chi connectivity index (χ4v) is 11.9. The van der Waals surface area contributed by atoms with Crippen molar-refractivity contribution in [3.8, 4) is 12.1 Å². The third-order valence-electron chi connectivity index (χ3n) is 10.3. The van der Waals surface area contributed by atoms with Gasteiger partial charge in [0.25, 0.3) is 24.8 Å². The Balaban J connectivity index is 1.08. The highest BCUT2D eigenvalue weighted by Crippen LogP contribution is 2.52. The number of anilines is 2.